The molecule has 0 unspecified atom stereocenters. The molecule has 1 aliphatic carbocycles. The molecule has 5 heteroatoms. The summed E-state index contributed by atoms with van der Waals surface area (Å²) in [4.78, 5) is 5.99. The van der Waals surface area contributed by atoms with Gasteiger partial charge < -0.3 is 5.32 Å². The molecular weight excluding hydrogens is 316 g/mol. The second-order valence-electron chi connectivity index (χ2n) is 6.88. The number of rotatable bonds is 4. The van der Waals surface area contributed by atoms with Crippen LogP contribution in [-0.4, -0.2) is 22.0 Å². The summed E-state index contributed by atoms with van der Waals surface area (Å²) >= 11 is 1.42. The van der Waals surface area contributed by atoms with Crippen molar-refractivity contribution in [3.63, 3.8) is 0 Å². The van der Waals surface area contributed by atoms with Gasteiger partial charge in [0.2, 0.25) is 0 Å². The zero-order valence-electron chi connectivity index (χ0n) is 14.8. The molecule has 1 fully saturated rings. The molecule has 1 N–H and O–H groups in total. The fourth-order valence-electron chi connectivity index (χ4n) is 3.39. The highest BCUT2D eigenvalue weighted by atomic mass is 32.1. The molecule has 1 aliphatic rings. The van der Waals surface area contributed by atoms with Crippen molar-refractivity contribution in [1.82, 2.24) is 9.59 Å². The van der Waals surface area contributed by atoms with Crippen molar-refractivity contribution in [2.24, 2.45) is 10.9 Å². The van der Waals surface area contributed by atoms with Crippen molar-refractivity contribution in [3.8, 4) is 0 Å². The predicted octanol–water partition coefficient (Wildman–Crippen LogP) is 4.90. The van der Waals surface area contributed by atoms with Crippen LogP contribution in [0.25, 0.3) is 0 Å². The Hall–Kier alpha value is -1.75. The molecule has 24 heavy (non-hydrogen) atoms. The normalized spacial score (nSPS) is 16.4. The quantitative estimate of drug-likeness (QED) is 0.635. The zero-order valence-corrected chi connectivity index (χ0v) is 15.6. The summed E-state index contributed by atoms with van der Waals surface area (Å²) in [6, 6.07) is 6.50. The number of hydrogen-bond donors (Lipinski definition) is 1. The van der Waals surface area contributed by atoms with Crippen LogP contribution in [0.1, 0.15) is 53.8 Å². The molecule has 128 valence electrons. The Morgan fingerprint density at radius 2 is 1.83 bits per heavy atom. The summed E-state index contributed by atoms with van der Waals surface area (Å²) in [5, 5.41) is 7.68. The fourth-order valence-corrected chi connectivity index (χ4v) is 4.01. The summed E-state index contributed by atoms with van der Waals surface area (Å²) in [6.45, 7) is 7.13. The summed E-state index contributed by atoms with van der Waals surface area (Å²) in [5.41, 5.74) is 4.54. The van der Waals surface area contributed by atoms with Gasteiger partial charge in [0.1, 0.15) is 10.7 Å². The van der Waals surface area contributed by atoms with Gasteiger partial charge in [-0.05, 0) is 74.3 Å². The van der Waals surface area contributed by atoms with Crippen LogP contribution in [0.3, 0.4) is 0 Å². The van der Waals surface area contributed by atoms with Crippen molar-refractivity contribution in [3.05, 3.63) is 39.9 Å². The van der Waals surface area contributed by atoms with E-state index in [1.165, 1.54) is 54.8 Å². The minimum absolute atomic E-state index is 0.719. The maximum Gasteiger partial charge on any atom is 0.146 e. The number of nitrogens with zero attached hydrogens (tertiary/aromatic N) is 3. The Bertz CT molecular complexity index is 694. The molecule has 1 aromatic heterocycles. The van der Waals surface area contributed by atoms with Crippen LogP contribution in [0.4, 0.5) is 5.69 Å². The predicted molar refractivity (Wildman–Crippen MR) is 102 cm³/mol. The second kappa shape index (κ2) is 7.88. The van der Waals surface area contributed by atoms with Crippen LogP contribution >= 0.6 is 11.5 Å². The third kappa shape index (κ3) is 4.41. The maximum atomic E-state index is 4.94. The van der Waals surface area contributed by atoms with Gasteiger partial charge in [-0.3, -0.25) is 4.99 Å². The zero-order chi connectivity index (χ0) is 16.9. The second-order valence-corrected chi connectivity index (χ2v) is 7.64. The number of hydrogen-bond acceptors (Lipinski definition) is 4. The maximum absolute atomic E-state index is 4.94. The van der Waals surface area contributed by atoms with Crippen LogP contribution in [0, 0.1) is 26.7 Å². The lowest BCUT2D eigenvalue weighted by Gasteiger charge is -2.20. The van der Waals surface area contributed by atoms with Crippen molar-refractivity contribution in [2.75, 3.05) is 11.9 Å². The molecule has 3 rings (SSSR count). The van der Waals surface area contributed by atoms with E-state index in [-0.39, 0.29) is 0 Å². The number of aliphatic imine (C=N–C) groups is 1. The van der Waals surface area contributed by atoms with E-state index in [4.69, 9.17) is 4.99 Å². The third-order valence-corrected chi connectivity index (χ3v) is 5.42. The fraction of sp³-hybridized carbons (Fsp3) is 0.526. The lowest BCUT2D eigenvalue weighted by atomic mass is 9.89. The lowest BCUT2D eigenvalue weighted by molar-refractivity contribution is 0.367. The molecule has 0 amide bonds. The number of amidine groups is 1. The van der Waals surface area contributed by atoms with E-state index in [2.05, 4.69) is 47.0 Å². The molecule has 0 bridgehead atoms. The van der Waals surface area contributed by atoms with Crippen molar-refractivity contribution in [2.45, 2.75) is 52.9 Å². The van der Waals surface area contributed by atoms with Gasteiger partial charge in [0.25, 0.3) is 0 Å². The Kier molecular flexibility index (Phi) is 5.61. The van der Waals surface area contributed by atoms with Gasteiger partial charge in [-0.15, -0.1) is 5.10 Å². The Balaban J connectivity index is 1.83. The highest BCUT2D eigenvalue weighted by Crippen LogP contribution is 2.24. The Labute approximate surface area is 148 Å². The molecule has 1 heterocycles. The van der Waals surface area contributed by atoms with Gasteiger partial charge in [0.05, 0.1) is 5.69 Å². The van der Waals surface area contributed by atoms with E-state index in [0.717, 1.165) is 34.6 Å². The first-order valence-corrected chi connectivity index (χ1v) is 9.58. The van der Waals surface area contributed by atoms with E-state index in [1.807, 2.05) is 6.92 Å². The first-order valence-electron chi connectivity index (χ1n) is 8.81. The summed E-state index contributed by atoms with van der Waals surface area (Å²) in [5.74, 6) is 1.63. The number of benzene rings is 1. The van der Waals surface area contributed by atoms with Gasteiger partial charge in [-0.25, -0.2) is 0 Å². The minimum atomic E-state index is 0.719. The van der Waals surface area contributed by atoms with Crippen molar-refractivity contribution in [1.29, 1.82) is 0 Å². The lowest BCUT2D eigenvalue weighted by Crippen LogP contribution is -2.17. The summed E-state index contributed by atoms with van der Waals surface area (Å²) in [7, 11) is 0. The highest BCUT2D eigenvalue weighted by Gasteiger charge is 2.16. The molecule has 0 saturated heterocycles. The highest BCUT2D eigenvalue weighted by molar-refractivity contribution is 7.08. The van der Waals surface area contributed by atoms with E-state index >= 15 is 0 Å². The average molecular weight is 343 g/mol. The molecule has 0 aliphatic heterocycles. The van der Waals surface area contributed by atoms with Crippen molar-refractivity contribution < 1.29 is 0 Å². The van der Waals surface area contributed by atoms with E-state index in [9.17, 15) is 0 Å². The largest absolute Gasteiger partial charge is 0.339 e. The Morgan fingerprint density at radius 1 is 1.12 bits per heavy atom. The summed E-state index contributed by atoms with van der Waals surface area (Å²) in [6.07, 6.45) is 6.69. The SMILES string of the molecule is Cc1cc(C)cc(NC(=NCC2CCCCC2)c2snnc2C)c1. The standard InChI is InChI=1S/C19H26N4S/c1-13-9-14(2)11-17(10-13)21-19(18-15(3)22-23-24-18)20-12-16-7-5-4-6-8-16/h9-11,16H,4-8,12H2,1-3H3,(H,20,21). The number of aromatic nitrogens is 2. The molecule has 0 spiro atoms. The Morgan fingerprint density at radius 3 is 2.46 bits per heavy atom. The van der Waals surface area contributed by atoms with Crippen molar-refractivity contribution >= 4 is 23.1 Å². The summed E-state index contributed by atoms with van der Waals surface area (Å²) < 4.78 is 4.08. The monoisotopic (exact) mass is 342 g/mol. The average Bonchev–Trinajstić information content (AvgIpc) is 2.97. The molecule has 4 nitrogen and oxygen atoms in total. The van der Waals surface area contributed by atoms with Crippen LogP contribution in [0.5, 0.6) is 0 Å². The topological polar surface area (TPSA) is 50.2 Å². The van der Waals surface area contributed by atoms with E-state index in [1.54, 1.807) is 0 Å². The molecular formula is C19H26N4S. The number of anilines is 1. The van der Waals surface area contributed by atoms with Crippen LogP contribution in [-0.2, 0) is 0 Å². The number of aryl methyl sites for hydroxylation is 3. The first-order chi connectivity index (χ1) is 11.6. The van der Waals surface area contributed by atoms with Crippen LogP contribution in [0.2, 0.25) is 0 Å². The molecule has 0 atom stereocenters. The smallest absolute Gasteiger partial charge is 0.146 e. The van der Waals surface area contributed by atoms with Gasteiger partial charge in [0.15, 0.2) is 0 Å². The molecule has 1 aromatic carbocycles. The van der Waals surface area contributed by atoms with Gasteiger partial charge in [0, 0.05) is 12.2 Å². The van der Waals surface area contributed by atoms with E-state index in [0.29, 0.717) is 0 Å². The first kappa shape index (κ1) is 17.1. The third-order valence-electron chi connectivity index (χ3n) is 4.58. The van der Waals surface area contributed by atoms with Crippen LogP contribution < -0.4 is 5.32 Å². The molecule has 1 saturated carbocycles. The van der Waals surface area contributed by atoms with E-state index < -0.39 is 0 Å². The van der Waals surface area contributed by atoms with Crippen LogP contribution in [0.15, 0.2) is 23.2 Å². The van der Waals surface area contributed by atoms with Gasteiger partial charge >= 0.3 is 0 Å². The molecule has 2 aromatic rings. The molecule has 0 radical (unpaired) electrons. The minimum Gasteiger partial charge on any atom is -0.339 e. The number of nitrogens with one attached hydrogen (secondary N) is 1. The van der Waals surface area contributed by atoms with Gasteiger partial charge in [-0.1, -0.05) is 29.8 Å². The van der Waals surface area contributed by atoms with Gasteiger partial charge in [-0.2, -0.15) is 0 Å².